The van der Waals surface area contributed by atoms with Gasteiger partial charge in [-0.05, 0) is 23.4 Å². The van der Waals surface area contributed by atoms with Gasteiger partial charge in [-0.25, -0.2) is 0 Å². The molecular weight excluding hydrogens is 314 g/mol. The quantitative estimate of drug-likeness (QED) is 0.623. The first-order valence-corrected chi connectivity index (χ1v) is 8.03. The zero-order chi connectivity index (χ0) is 14.9. The minimum Gasteiger partial charge on any atom is -0.548 e. The summed E-state index contributed by atoms with van der Waals surface area (Å²) in [6.07, 6.45) is 1.73. The number of aliphatic carboxylic acids is 1. The second-order valence-electron chi connectivity index (χ2n) is 4.58. The maximum Gasteiger partial charge on any atom is 0.266 e. The zero-order valence-electron chi connectivity index (χ0n) is 10.9. The van der Waals surface area contributed by atoms with Crippen LogP contribution in [0.25, 0.3) is 6.08 Å². The van der Waals surface area contributed by atoms with E-state index in [4.69, 9.17) is 12.2 Å². The van der Waals surface area contributed by atoms with Crippen molar-refractivity contribution in [1.29, 1.82) is 0 Å². The van der Waals surface area contributed by atoms with Crippen LogP contribution < -0.4 is 5.11 Å². The van der Waals surface area contributed by atoms with Gasteiger partial charge in [-0.3, -0.25) is 9.69 Å². The predicted molar refractivity (Wildman–Crippen MR) is 83.0 cm³/mol. The number of hydrogen-bond acceptors (Lipinski definition) is 6. The monoisotopic (exact) mass is 326 g/mol. The van der Waals surface area contributed by atoms with Gasteiger partial charge < -0.3 is 9.90 Å². The predicted octanol–water partition coefficient (Wildman–Crippen LogP) is 1.72. The summed E-state index contributed by atoms with van der Waals surface area (Å²) >= 11 is 7.78. The van der Waals surface area contributed by atoms with Crippen LogP contribution in [0.3, 0.4) is 0 Å². The van der Waals surface area contributed by atoms with Crippen molar-refractivity contribution in [2.45, 2.75) is 19.9 Å². The first-order valence-electron chi connectivity index (χ1n) is 5.93. The largest absolute Gasteiger partial charge is 0.548 e. The second-order valence-corrected chi connectivity index (χ2v) is 7.23. The minimum atomic E-state index is -1.28. The molecule has 0 radical (unpaired) electrons. The molecule has 0 bridgehead atoms. The smallest absolute Gasteiger partial charge is 0.266 e. The van der Waals surface area contributed by atoms with Crippen molar-refractivity contribution in [2.75, 3.05) is 0 Å². The molecule has 1 atom stereocenters. The Hall–Kier alpha value is -1.18. The molecule has 1 aliphatic heterocycles. The fourth-order valence-corrected chi connectivity index (χ4v) is 3.95. The van der Waals surface area contributed by atoms with Crippen LogP contribution in [0, 0.1) is 5.92 Å². The Morgan fingerprint density at radius 1 is 1.50 bits per heavy atom. The molecule has 0 N–H and O–H groups in total. The molecule has 1 saturated heterocycles. The topological polar surface area (TPSA) is 60.4 Å². The Balaban J connectivity index is 2.31. The summed E-state index contributed by atoms with van der Waals surface area (Å²) in [4.78, 5) is 26.1. The molecule has 1 aliphatic rings. The molecule has 4 nitrogen and oxygen atoms in total. The number of nitrogens with zero attached hydrogens (tertiary/aromatic N) is 1. The summed E-state index contributed by atoms with van der Waals surface area (Å²) in [6, 6.07) is 2.74. The van der Waals surface area contributed by atoms with Gasteiger partial charge in [0.05, 0.1) is 16.9 Å². The zero-order valence-corrected chi connectivity index (χ0v) is 13.3. The molecule has 1 amide bonds. The first-order chi connectivity index (χ1) is 9.41. The third-order valence-electron chi connectivity index (χ3n) is 2.79. The van der Waals surface area contributed by atoms with Gasteiger partial charge in [-0.15, -0.1) is 11.3 Å². The number of carbonyl (C=O) groups excluding carboxylic acids is 2. The van der Waals surface area contributed by atoms with Crippen LogP contribution in [0.1, 0.15) is 18.7 Å². The number of thioether (sulfide) groups is 1. The second kappa shape index (κ2) is 6.07. The van der Waals surface area contributed by atoms with Gasteiger partial charge >= 0.3 is 0 Å². The molecule has 0 saturated carbocycles. The fraction of sp³-hybridized carbons (Fsp3) is 0.308. The van der Waals surface area contributed by atoms with Crippen molar-refractivity contribution in [3.8, 4) is 0 Å². The summed E-state index contributed by atoms with van der Waals surface area (Å²) in [5.41, 5.74) is 0. The Kier molecular flexibility index (Phi) is 4.62. The fourth-order valence-electron chi connectivity index (χ4n) is 1.90. The number of carboxylic acid groups (broad SMARTS) is 1. The van der Waals surface area contributed by atoms with Gasteiger partial charge in [-0.1, -0.05) is 43.9 Å². The molecule has 2 rings (SSSR count). The molecule has 1 aromatic rings. The third-order valence-corrected chi connectivity index (χ3v) is 4.94. The van der Waals surface area contributed by atoms with E-state index >= 15 is 0 Å². The highest BCUT2D eigenvalue weighted by atomic mass is 32.2. The molecule has 1 fully saturated rings. The number of rotatable bonds is 4. The van der Waals surface area contributed by atoms with Gasteiger partial charge in [0.1, 0.15) is 4.32 Å². The Labute approximate surface area is 130 Å². The Bertz CT molecular complexity index is 578. The lowest BCUT2D eigenvalue weighted by atomic mass is 10.0. The number of thiophene rings is 1. The Morgan fingerprint density at radius 3 is 2.70 bits per heavy atom. The van der Waals surface area contributed by atoms with Crippen molar-refractivity contribution in [3.05, 3.63) is 27.3 Å². The number of hydrogen-bond donors (Lipinski definition) is 0. The van der Waals surface area contributed by atoms with E-state index in [2.05, 4.69) is 0 Å². The van der Waals surface area contributed by atoms with Gasteiger partial charge in [0.15, 0.2) is 0 Å². The lowest BCUT2D eigenvalue weighted by Gasteiger charge is -2.30. The molecule has 0 spiro atoms. The molecule has 106 valence electrons. The van der Waals surface area contributed by atoms with E-state index < -0.39 is 12.0 Å². The minimum absolute atomic E-state index is 0.265. The van der Waals surface area contributed by atoms with Crippen molar-refractivity contribution < 1.29 is 14.7 Å². The van der Waals surface area contributed by atoms with Crippen LogP contribution in [0.2, 0.25) is 0 Å². The van der Waals surface area contributed by atoms with E-state index in [1.807, 2.05) is 17.5 Å². The van der Waals surface area contributed by atoms with Crippen LogP contribution in [-0.4, -0.2) is 27.1 Å². The summed E-state index contributed by atoms with van der Waals surface area (Å²) in [7, 11) is 0. The maximum atomic E-state index is 12.4. The molecule has 0 aromatic carbocycles. The van der Waals surface area contributed by atoms with E-state index in [9.17, 15) is 14.7 Å². The van der Waals surface area contributed by atoms with Crippen molar-refractivity contribution in [3.63, 3.8) is 0 Å². The standard InChI is InChI=1S/C13H13NO3S3/c1-7(2)10(12(16)17)14-11(15)9(20-13(14)18)6-8-4-3-5-19-8/h3-7,10H,1-2H3,(H,16,17)/p-1/b9-6-/t10-/m0/s1. The molecule has 0 aliphatic carbocycles. The van der Waals surface area contributed by atoms with Gasteiger partial charge in [-0.2, -0.15) is 0 Å². The molecule has 0 unspecified atom stereocenters. The summed E-state index contributed by atoms with van der Waals surface area (Å²) < 4.78 is 0.265. The lowest BCUT2D eigenvalue weighted by molar-refractivity contribution is -0.311. The SMILES string of the molecule is CC(C)[C@@H](C(=O)[O-])N1C(=O)/C(=C/c2cccs2)SC1=S. The average molecular weight is 326 g/mol. The van der Waals surface area contributed by atoms with Gasteiger partial charge in [0.25, 0.3) is 5.91 Å². The lowest BCUT2D eigenvalue weighted by Crippen LogP contribution is -2.52. The maximum absolute atomic E-state index is 12.4. The van der Waals surface area contributed by atoms with E-state index in [1.165, 1.54) is 11.3 Å². The van der Waals surface area contributed by atoms with Crippen LogP contribution >= 0.6 is 35.3 Å². The number of thiocarbonyl (C=S) groups is 1. The summed E-state index contributed by atoms with van der Waals surface area (Å²) in [5, 5.41) is 13.2. The summed E-state index contributed by atoms with van der Waals surface area (Å²) in [6.45, 7) is 3.45. The van der Waals surface area contributed by atoms with E-state index in [1.54, 1.807) is 19.9 Å². The highest BCUT2D eigenvalue weighted by molar-refractivity contribution is 8.26. The molecule has 7 heteroatoms. The van der Waals surface area contributed by atoms with E-state index in [0.29, 0.717) is 4.91 Å². The average Bonchev–Trinajstić information content (AvgIpc) is 2.93. The third kappa shape index (κ3) is 2.94. The molecular formula is C13H12NO3S3-. The normalized spacial score (nSPS) is 19.1. The van der Waals surface area contributed by atoms with Crippen LogP contribution in [0.15, 0.2) is 22.4 Å². The molecule has 2 heterocycles. The van der Waals surface area contributed by atoms with Gasteiger partial charge in [0.2, 0.25) is 0 Å². The molecule has 1 aromatic heterocycles. The Morgan fingerprint density at radius 2 is 2.20 bits per heavy atom. The van der Waals surface area contributed by atoms with Crippen molar-refractivity contribution in [2.24, 2.45) is 5.92 Å². The van der Waals surface area contributed by atoms with E-state index in [-0.39, 0.29) is 16.1 Å². The number of amides is 1. The first kappa shape index (κ1) is 15.2. The number of carbonyl (C=O) groups is 2. The summed E-state index contributed by atoms with van der Waals surface area (Å²) in [5.74, 6) is -1.92. The highest BCUT2D eigenvalue weighted by Crippen LogP contribution is 2.35. The highest BCUT2D eigenvalue weighted by Gasteiger charge is 2.39. The van der Waals surface area contributed by atoms with Crippen molar-refractivity contribution >= 4 is 57.6 Å². The van der Waals surface area contributed by atoms with Crippen LogP contribution in [-0.2, 0) is 9.59 Å². The number of carboxylic acids is 1. The van der Waals surface area contributed by atoms with Crippen molar-refractivity contribution in [1.82, 2.24) is 4.90 Å². The van der Waals surface area contributed by atoms with Gasteiger partial charge in [0, 0.05) is 4.88 Å². The molecule has 20 heavy (non-hydrogen) atoms. The van der Waals surface area contributed by atoms with Crippen LogP contribution in [0.4, 0.5) is 0 Å². The van der Waals surface area contributed by atoms with Crippen LogP contribution in [0.5, 0.6) is 0 Å². The van der Waals surface area contributed by atoms with E-state index in [0.717, 1.165) is 21.5 Å².